The zero-order valence-electron chi connectivity index (χ0n) is 26.1. The van der Waals surface area contributed by atoms with E-state index in [0.29, 0.717) is 58.6 Å². The second kappa shape index (κ2) is 13.5. The molecular formula is C32H41N5O6S. The number of ether oxygens (including phenoxy) is 3. The van der Waals surface area contributed by atoms with Gasteiger partial charge >= 0.3 is 0 Å². The molecule has 0 amide bonds. The van der Waals surface area contributed by atoms with Crippen LogP contribution in [-0.2, 0) is 17.7 Å². The van der Waals surface area contributed by atoms with Crippen LogP contribution in [0.2, 0.25) is 0 Å². The standard InChI is InChI=1S/C32H41N5O6S/c1-6-43-26-16-14-24(37(3,44(39)40)18-17-22-13-15-27(41-4)28(19-22)42-5)20-25(26)30-34-32(38)29-21(2)33-31(36(29)35-30)23-11-9-7-8-10-12-23/h13-16,19-20,23H,6-12,17-18H2,1-5H3,(H-,34,35,38,39,40). The monoisotopic (exact) mass is 623 g/mol. The van der Waals surface area contributed by atoms with Crippen LogP contribution in [0, 0.1) is 6.92 Å². The molecule has 11 nitrogen and oxygen atoms in total. The zero-order chi connectivity index (χ0) is 31.4. The number of hydrogen-bond donors (Lipinski definition) is 1. The Labute approximate surface area is 260 Å². The maximum atomic E-state index is 13.5. The summed E-state index contributed by atoms with van der Waals surface area (Å²) in [6.07, 6.45) is 7.11. The number of nitrogens with one attached hydrogen (secondary N) is 1. The molecule has 1 aliphatic rings. The lowest BCUT2D eigenvalue weighted by Crippen LogP contribution is -2.48. The van der Waals surface area contributed by atoms with Gasteiger partial charge in [0, 0.05) is 24.5 Å². The second-order valence-electron chi connectivity index (χ2n) is 11.4. The van der Waals surface area contributed by atoms with Crippen LogP contribution < -0.4 is 23.7 Å². The summed E-state index contributed by atoms with van der Waals surface area (Å²) >= 11 is -2.53. The molecule has 5 rings (SSSR count). The molecule has 0 bridgehead atoms. The number of rotatable bonds is 11. The summed E-state index contributed by atoms with van der Waals surface area (Å²) in [5, 5.41) is 4.90. The molecule has 44 heavy (non-hydrogen) atoms. The third-order valence-electron chi connectivity index (χ3n) is 8.59. The number of H-pyrrole nitrogens is 1. The van der Waals surface area contributed by atoms with Gasteiger partial charge in [-0.15, -0.1) is 5.10 Å². The average Bonchev–Trinajstić information content (AvgIpc) is 3.17. The van der Waals surface area contributed by atoms with Crippen LogP contribution >= 0.6 is 0 Å². The van der Waals surface area contributed by atoms with E-state index in [0.717, 1.165) is 37.1 Å². The van der Waals surface area contributed by atoms with Crippen LogP contribution in [0.4, 0.5) is 5.69 Å². The normalized spacial score (nSPS) is 16.3. The molecule has 1 aliphatic carbocycles. The van der Waals surface area contributed by atoms with Gasteiger partial charge in [0.25, 0.3) is 5.56 Å². The van der Waals surface area contributed by atoms with Crippen molar-refractivity contribution in [2.75, 3.05) is 34.4 Å². The predicted octanol–water partition coefficient (Wildman–Crippen LogP) is 5.22. The fourth-order valence-corrected chi connectivity index (χ4v) is 6.59. The lowest BCUT2D eigenvalue weighted by atomic mass is 10.00. The number of aromatic amines is 1. The molecule has 0 spiro atoms. The molecular weight excluding hydrogens is 582 g/mol. The highest BCUT2D eigenvalue weighted by atomic mass is 32.2. The second-order valence-corrected chi connectivity index (χ2v) is 12.6. The van der Waals surface area contributed by atoms with Gasteiger partial charge in [0.05, 0.1) is 45.7 Å². The summed E-state index contributed by atoms with van der Waals surface area (Å²) in [6.45, 7) is 4.34. The molecule has 236 valence electrons. The minimum absolute atomic E-state index is 0.220. The lowest BCUT2D eigenvalue weighted by molar-refractivity contribution is 0.341. The first kappa shape index (κ1) is 31.7. The fraction of sp³-hybridized carbons (Fsp3) is 0.469. The Balaban J connectivity index is 1.57. The molecule has 0 saturated heterocycles. The van der Waals surface area contributed by atoms with Gasteiger partial charge in [0.15, 0.2) is 34.1 Å². The Morgan fingerprint density at radius 2 is 1.75 bits per heavy atom. The van der Waals surface area contributed by atoms with Crippen molar-refractivity contribution < 1.29 is 23.0 Å². The number of hydrogen-bond acceptors (Lipinski definition) is 8. The highest BCUT2D eigenvalue weighted by Gasteiger charge is 2.30. The molecule has 2 heterocycles. The number of quaternary nitrogens is 1. The highest BCUT2D eigenvalue weighted by Crippen LogP contribution is 2.36. The molecule has 2 aromatic heterocycles. The number of methoxy groups -OCH3 is 2. The molecule has 2 unspecified atom stereocenters. The lowest BCUT2D eigenvalue weighted by Gasteiger charge is -2.34. The predicted molar refractivity (Wildman–Crippen MR) is 170 cm³/mol. The van der Waals surface area contributed by atoms with Gasteiger partial charge in [-0.3, -0.25) is 4.79 Å². The first-order chi connectivity index (χ1) is 21.2. The van der Waals surface area contributed by atoms with Crippen molar-refractivity contribution in [3.8, 4) is 28.6 Å². The molecule has 1 fully saturated rings. The van der Waals surface area contributed by atoms with Crippen LogP contribution in [0.1, 0.15) is 68.4 Å². The molecule has 1 N–H and O–H groups in total. The van der Waals surface area contributed by atoms with Gasteiger partial charge < -0.3 is 23.7 Å². The van der Waals surface area contributed by atoms with Gasteiger partial charge in [-0.1, -0.05) is 31.7 Å². The zero-order valence-corrected chi connectivity index (χ0v) is 26.9. The van der Waals surface area contributed by atoms with Gasteiger partial charge in [0.2, 0.25) is 0 Å². The number of imidazole rings is 1. The molecule has 12 heteroatoms. The number of nitrogens with zero attached hydrogens (tertiary/aromatic N) is 4. The quantitative estimate of drug-likeness (QED) is 0.137. The van der Waals surface area contributed by atoms with E-state index in [1.165, 1.54) is 12.8 Å². The van der Waals surface area contributed by atoms with E-state index in [-0.39, 0.29) is 18.0 Å². The van der Waals surface area contributed by atoms with Crippen molar-refractivity contribution in [2.45, 2.75) is 64.7 Å². The minimum atomic E-state index is -2.53. The van der Waals surface area contributed by atoms with Gasteiger partial charge in [-0.2, -0.15) is 0 Å². The Morgan fingerprint density at radius 1 is 1.05 bits per heavy atom. The van der Waals surface area contributed by atoms with Gasteiger partial charge in [0.1, 0.15) is 17.3 Å². The molecule has 4 aromatic rings. The van der Waals surface area contributed by atoms with Crippen LogP contribution in [0.25, 0.3) is 16.9 Å². The van der Waals surface area contributed by atoms with E-state index in [9.17, 15) is 13.6 Å². The fourth-order valence-electron chi connectivity index (χ4n) is 6.06. The Kier molecular flexibility index (Phi) is 9.72. The minimum Gasteiger partial charge on any atom is -0.724 e. The molecule has 2 atom stereocenters. The summed E-state index contributed by atoms with van der Waals surface area (Å²) in [5.74, 6) is 2.99. The first-order valence-corrected chi connectivity index (χ1v) is 16.2. The smallest absolute Gasteiger partial charge is 0.277 e. The van der Waals surface area contributed by atoms with Crippen molar-refractivity contribution in [1.29, 1.82) is 0 Å². The van der Waals surface area contributed by atoms with E-state index in [4.69, 9.17) is 24.3 Å². The largest absolute Gasteiger partial charge is 0.724 e. The van der Waals surface area contributed by atoms with Crippen molar-refractivity contribution in [3.05, 3.63) is 63.8 Å². The van der Waals surface area contributed by atoms with Crippen LogP contribution in [0.15, 0.2) is 41.2 Å². The molecule has 0 radical (unpaired) electrons. The summed E-state index contributed by atoms with van der Waals surface area (Å²) < 4.78 is 43.6. The third kappa shape index (κ3) is 6.24. The number of aryl methyl sites for hydroxylation is 1. The number of benzene rings is 2. The third-order valence-corrected chi connectivity index (χ3v) is 9.64. The van der Waals surface area contributed by atoms with E-state index in [2.05, 4.69) is 4.98 Å². The summed E-state index contributed by atoms with van der Waals surface area (Å²) in [5.41, 5.74) is 2.68. The molecule has 1 saturated carbocycles. The number of fused-ring (bicyclic) bond motifs is 1. The number of aromatic nitrogens is 4. The average molecular weight is 624 g/mol. The maximum Gasteiger partial charge on any atom is 0.277 e. The topological polar surface area (TPSA) is 131 Å². The Bertz CT molecular complexity index is 1710. The van der Waals surface area contributed by atoms with Crippen molar-refractivity contribution in [1.82, 2.24) is 23.5 Å². The highest BCUT2D eigenvalue weighted by molar-refractivity contribution is 7.78. The van der Waals surface area contributed by atoms with E-state index in [1.807, 2.05) is 26.0 Å². The SMILES string of the molecule is CCOc1ccc([N+](C)(CCc2ccc(OC)c(OC)c2)S(=O)[O-])cc1-c1nn2c(C3CCCCCC3)nc(C)c2c(=O)[nH]1. The molecule has 0 aliphatic heterocycles. The van der Waals surface area contributed by atoms with Crippen molar-refractivity contribution >= 4 is 22.5 Å². The Hall–Kier alpha value is -3.74. The first-order valence-electron chi connectivity index (χ1n) is 15.1. The summed E-state index contributed by atoms with van der Waals surface area (Å²) in [4.78, 5) is 21.2. The van der Waals surface area contributed by atoms with Crippen molar-refractivity contribution in [3.63, 3.8) is 0 Å². The van der Waals surface area contributed by atoms with E-state index >= 15 is 0 Å². The summed E-state index contributed by atoms with van der Waals surface area (Å²) in [6, 6.07) is 10.8. The van der Waals surface area contributed by atoms with Crippen molar-refractivity contribution in [2.24, 2.45) is 0 Å². The summed E-state index contributed by atoms with van der Waals surface area (Å²) in [7, 11) is 4.78. The molecule has 2 aromatic carbocycles. The van der Waals surface area contributed by atoms with E-state index < -0.39 is 15.2 Å². The van der Waals surface area contributed by atoms with Gasteiger partial charge in [-0.25, -0.2) is 17.6 Å². The van der Waals surface area contributed by atoms with Crippen LogP contribution in [-0.4, -0.2) is 62.8 Å². The maximum absolute atomic E-state index is 13.5. The van der Waals surface area contributed by atoms with E-state index in [1.54, 1.807) is 50.0 Å². The van der Waals surface area contributed by atoms with Crippen LogP contribution in [0.5, 0.6) is 17.2 Å². The van der Waals surface area contributed by atoms with Crippen LogP contribution in [0.3, 0.4) is 0 Å². The Morgan fingerprint density at radius 3 is 2.41 bits per heavy atom. The van der Waals surface area contributed by atoms with Gasteiger partial charge in [-0.05, 0) is 50.5 Å². The number of likely N-dealkylation sites (N-methyl/N-ethyl adjacent to an activating group) is 1.